The highest BCUT2D eigenvalue weighted by atomic mass is 35.5. The second-order valence-corrected chi connectivity index (χ2v) is 6.66. The van der Waals surface area contributed by atoms with Gasteiger partial charge in [0.2, 0.25) is 11.8 Å². The summed E-state index contributed by atoms with van der Waals surface area (Å²) in [5.41, 5.74) is 0.941. The Hall–Kier alpha value is -1.26. The molecule has 2 amide bonds. The SMILES string of the molecule is CC(C)N(Cc1ccc(Cl)c(Cl)c1)C(=O)C1CCC(=O)NC1. The number of carbonyl (C=O) groups excluding carboxylic acids is 2. The van der Waals surface area contributed by atoms with Gasteiger partial charge in [-0.25, -0.2) is 0 Å². The fraction of sp³-hybridized carbons (Fsp3) is 0.500. The van der Waals surface area contributed by atoms with Crippen LogP contribution in [0.5, 0.6) is 0 Å². The van der Waals surface area contributed by atoms with Gasteiger partial charge >= 0.3 is 0 Å². The smallest absolute Gasteiger partial charge is 0.228 e. The summed E-state index contributed by atoms with van der Waals surface area (Å²) in [5.74, 6) is -0.0615. The quantitative estimate of drug-likeness (QED) is 0.912. The number of rotatable bonds is 4. The molecule has 1 heterocycles. The van der Waals surface area contributed by atoms with Crippen molar-refractivity contribution in [3.8, 4) is 0 Å². The van der Waals surface area contributed by atoms with E-state index in [1.807, 2.05) is 24.8 Å². The summed E-state index contributed by atoms with van der Waals surface area (Å²) in [5, 5.41) is 3.75. The van der Waals surface area contributed by atoms with Crippen LogP contribution in [0.25, 0.3) is 0 Å². The summed E-state index contributed by atoms with van der Waals surface area (Å²) in [6.07, 6.45) is 1.02. The minimum absolute atomic E-state index is 0.0182. The number of hydrogen-bond donors (Lipinski definition) is 1. The minimum atomic E-state index is -0.150. The van der Waals surface area contributed by atoms with E-state index in [-0.39, 0.29) is 23.8 Å². The summed E-state index contributed by atoms with van der Waals surface area (Å²) in [4.78, 5) is 25.8. The molecule has 1 unspecified atom stereocenters. The van der Waals surface area contributed by atoms with Crippen molar-refractivity contribution < 1.29 is 9.59 Å². The van der Waals surface area contributed by atoms with E-state index in [0.29, 0.717) is 36.0 Å². The maximum Gasteiger partial charge on any atom is 0.228 e. The van der Waals surface area contributed by atoms with E-state index in [2.05, 4.69) is 5.32 Å². The van der Waals surface area contributed by atoms with Gasteiger partial charge in [-0.15, -0.1) is 0 Å². The van der Waals surface area contributed by atoms with E-state index < -0.39 is 0 Å². The number of benzene rings is 1. The van der Waals surface area contributed by atoms with Crippen LogP contribution in [-0.4, -0.2) is 29.3 Å². The number of amides is 2. The van der Waals surface area contributed by atoms with E-state index in [1.54, 1.807) is 12.1 Å². The predicted octanol–water partition coefficient (Wildman–Crippen LogP) is 3.26. The molecule has 4 nitrogen and oxygen atoms in total. The molecule has 1 atom stereocenters. The number of hydrogen-bond acceptors (Lipinski definition) is 2. The standard InChI is InChI=1S/C16H20Cl2N2O2/c1-10(2)20(9-11-3-5-13(17)14(18)7-11)16(22)12-4-6-15(21)19-8-12/h3,5,7,10,12H,4,6,8-9H2,1-2H3,(H,19,21). The summed E-state index contributed by atoms with van der Waals surface area (Å²) in [6, 6.07) is 5.47. The molecular formula is C16H20Cl2N2O2. The first-order valence-electron chi connectivity index (χ1n) is 7.39. The molecule has 1 aromatic carbocycles. The van der Waals surface area contributed by atoms with Crippen molar-refractivity contribution >= 4 is 35.0 Å². The van der Waals surface area contributed by atoms with Gasteiger partial charge in [0.25, 0.3) is 0 Å². The largest absolute Gasteiger partial charge is 0.355 e. The minimum Gasteiger partial charge on any atom is -0.355 e. The molecule has 0 aliphatic carbocycles. The topological polar surface area (TPSA) is 49.4 Å². The van der Waals surface area contributed by atoms with Crippen LogP contribution in [0, 0.1) is 5.92 Å². The van der Waals surface area contributed by atoms with Gasteiger partial charge < -0.3 is 10.2 Å². The first kappa shape index (κ1) is 17.1. The van der Waals surface area contributed by atoms with Gasteiger partial charge in [0, 0.05) is 25.6 Å². The fourth-order valence-electron chi connectivity index (χ4n) is 2.53. The van der Waals surface area contributed by atoms with Crippen LogP contribution >= 0.6 is 23.2 Å². The van der Waals surface area contributed by atoms with E-state index in [0.717, 1.165) is 5.56 Å². The third kappa shape index (κ3) is 4.14. The first-order valence-corrected chi connectivity index (χ1v) is 8.15. The number of nitrogens with one attached hydrogen (secondary N) is 1. The number of carbonyl (C=O) groups is 2. The maximum absolute atomic E-state index is 12.7. The van der Waals surface area contributed by atoms with Crippen molar-refractivity contribution in [1.82, 2.24) is 10.2 Å². The van der Waals surface area contributed by atoms with E-state index in [4.69, 9.17) is 23.2 Å². The predicted molar refractivity (Wildman–Crippen MR) is 87.9 cm³/mol. The second-order valence-electron chi connectivity index (χ2n) is 5.85. The maximum atomic E-state index is 12.7. The van der Waals surface area contributed by atoms with Gasteiger partial charge in [-0.2, -0.15) is 0 Å². The lowest BCUT2D eigenvalue weighted by Gasteiger charge is -2.32. The number of halogens is 2. The zero-order valence-electron chi connectivity index (χ0n) is 12.7. The Labute approximate surface area is 140 Å². The zero-order chi connectivity index (χ0) is 16.3. The molecule has 0 bridgehead atoms. The summed E-state index contributed by atoms with van der Waals surface area (Å²) in [7, 11) is 0. The average Bonchev–Trinajstić information content (AvgIpc) is 2.48. The number of nitrogens with zero attached hydrogens (tertiary/aromatic N) is 1. The Morgan fingerprint density at radius 3 is 2.64 bits per heavy atom. The molecule has 2 rings (SSSR count). The molecule has 0 radical (unpaired) electrons. The highest BCUT2D eigenvalue weighted by Crippen LogP contribution is 2.24. The van der Waals surface area contributed by atoms with Crippen molar-refractivity contribution in [2.24, 2.45) is 5.92 Å². The van der Waals surface area contributed by atoms with Crippen LogP contribution in [0.2, 0.25) is 10.0 Å². The molecule has 1 N–H and O–H groups in total. The molecule has 22 heavy (non-hydrogen) atoms. The third-order valence-corrected chi connectivity index (χ3v) is 4.60. The lowest BCUT2D eigenvalue weighted by Crippen LogP contribution is -2.46. The average molecular weight is 343 g/mol. The van der Waals surface area contributed by atoms with E-state index in [9.17, 15) is 9.59 Å². The third-order valence-electron chi connectivity index (χ3n) is 3.86. The molecule has 1 aliphatic heterocycles. The van der Waals surface area contributed by atoms with Crippen molar-refractivity contribution in [3.63, 3.8) is 0 Å². The molecule has 1 saturated heterocycles. The Kier molecular flexibility index (Phi) is 5.70. The molecule has 0 saturated carbocycles. The van der Waals surface area contributed by atoms with Gasteiger partial charge in [0.1, 0.15) is 0 Å². The van der Waals surface area contributed by atoms with Gasteiger partial charge in [0.15, 0.2) is 0 Å². The summed E-state index contributed by atoms with van der Waals surface area (Å²) in [6.45, 7) is 4.87. The first-order chi connectivity index (χ1) is 10.4. The molecule has 120 valence electrons. The van der Waals surface area contributed by atoms with E-state index >= 15 is 0 Å². The van der Waals surface area contributed by atoms with Crippen LogP contribution in [0.15, 0.2) is 18.2 Å². The van der Waals surface area contributed by atoms with Crippen LogP contribution < -0.4 is 5.32 Å². The normalized spacial score (nSPS) is 18.2. The second kappa shape index (κ2) is 7.34. The van der Waals surface area contributed by atoms with Crippen LogP contribution in [0.4, 0.5) is 0 Å². The molecule has 1 fully saturated rings. The monoisotopic (exact) mass is 342 g/mol. The van der Waals surface area contributed by atoms with Crippen molar-refractivity contribution in [2.75, 3.05) is 6.54 Å². The van der Waals surface area contributed by atoms with Crippen molar-refractivity contribution in [1.29, 1.82) is 0 Å². The lowest BCUT2D eigenvalue weighted by atomic mass is 9.96. The van der Waals surface area contributed by atoms with Crippen molar-refractivity contribution in [3.05, 3.63) is 33.8 Å². The molecule has 6 heteroatoms. The van der Waals surface area contributed by atoms with Gasteiger partial charge in [-0.05, 0) is 38.0 Å². The molecule has 0 aromatic heterocycles. The Morgan fingerprint density at radius 1 is 1.36 bits per heavy atom. The van der Waals surface area contributed by atoms with Gasteiger partial charge in [-0.1, -0.05) is 29.3 Å². The van der Waals surface area contributed by atoms with Crippen molar-refractivity contribution in [2.45, 2.75) is 39.3 Å². The Balaban J connectivity index is 2.10. The number of piperidine rings is 1. The molecule has 1 aliphatic rings. The van der Waals surface area contributed by atoms with Gasteiger partial charge in [-0.3, -0.25) is 9.59 Å². The fourth-order valence-corrected chi connectivity index (χ4v) is 2.85. The summed E-state index contributed by atoms with van der Waals surface area (Å²) >= 11 is 12.0. The Morgan fingerprint density at radius 2 is 2.09 bits per heavy atom. The Bertz CT molecular complexity index is 565. The van der Waals surface area contributed by atoms with Crippen LogP contribution in [0.3, 0.4) is 0 Å². The van der Waals surface area contributed by atoms with E-state index in [1.165, 1.54) is 0 Å². The highest BCUT2D eigenvalue weighted by Gasteiger charge is 2.29. The van der Waals surface area contributed by atoms with Gasteiger partial charge in [0.05, 0.1) is 16.0 Å². The zero-order valence-corrected chi connectivity index (χ0v) is 14.2. The van der Waals surface area contributed by atoms with Crippen LogP contribution in [-0.2, 0) is 16.1 Å². The molecule has 0 spiro atoms. The molecule has 1 aromatic rings. The highest BCUT2D eigenvalue weighted by molar-refractivity contribution is 6.42. The summed E-state index contributed by atoms with van der Waals surface area (Å²) < 4.78 is 0. The molecular weight excluding hydrogens is 323 g/mol. The van der Waals surface area contributed by atoms with Crippen LogP contribution in [0.1, 0.15) is 32.3 Å². The lowest BCUT2D eigenvalue weighted by molar-refractivity contribution is -0.139.